The van der Waals surface area contributed by atoms with Gasteiger partial charge in [0.05, 0.1) is 5.54 Å². The monoisotopic (exact) mass is 241 g/mol. The Morgan fingerprint density at radius 1 is 1.35 bits per heavy atom. The molecule has 1 amide bonds. The van der Waals surface area contributed by atoms with Crippen molar-refractivity contribution in [3.05, 3.63) is 0 Å². The van der Waals surface area contributed by atoms with Crippen LogP contribution in [0.1, 0.15) is 53.4 Å². The van der Waals surface area contributed by atoms with Gasteiger partial charge in [-0.05, 0) is 40.0 Å². The van der Waals surface area contributed by atoms with Gasteiger partial charge in [0.2, 0.25) is 0 Å². The fraction of sp³-hybridized carbons (Fsp3) is 0.846. The van der Waals surface area contributed by atoms with Gasteiger partial charge in [-0.2, -0.15) is 0 Å². The second kappa shape index (κ2) is 5.07. The minimum Gasteiger partial charge on any atom is -0.444 e. The Balaban J connectivity index is 2.49. The molecule has 1 saturated carbocycles. The first-order valence-electron chi connectivity index (χ1n) is 6.22. The molecule has 1 atom stereocenters. The first kappa shape index (κ1) is 14.0. The summed E-state index contributed by atoms with van der Waals surface area (Å²) in [6.45, 7) is 7.16. The Labute approximate surface area is 103 Å². The summed E-state index contributed by atoms with van der Waals surface area (Å²) in [5.74, 6) is 0.556. The molecular formula is C13H23NO3. The van der Waals surface area contributed by atoms with E-state index < -0.39 is 17.2 Å². The molecule has 0 spiro atoms. The lowest BCUT2D eigenvalue weighted by Gasteiger charge is -2.34. The maximum atomic E-state index is 11.6. The molecule has 1 fully saturated rings. The SMILES string of the molecule is CC(C=O)(CC1CCC1)NC(=O)OC(C)(C)C. The van der Waals surface area contributed by atoms with Crippen LogP contribution in [0.25, 0.3) is 0 Å². The number of ether oxygens (including phenoxy) is 1. The van der Waals surface area contributed by atoms with E-state index in [0.717, 1.165) is 19.1 Å². The van der Waals surface area contributed by atoms with Crippen molar-refractivity contribution in [3.8, 4) is 0 Å². The van der Waals surface area contributed by atoms with Crippen LogP contribution in [-0.4, -0.2) is 23.5 Å². The standard InChI is InChI=1S/C13H23NO3/c1-12(2,3)17-11(16)14-13(4,9-15)8-10-6-5-7-10/h9-10H,5-8H2,1-4H3,(H,14,16). The van der Waals surface area contributed by atoms with Crippen LogP contribution >= 0.6 is 0 Å². The van der Waals surface area contributed by atoms with Crippen LogP contribution in [0.4, 0.5) is 4.79 Å². The second-order valence-corrected chi connectivity index (χ2v) is 6.16. The number of nitrogens with one attached hydrogen (secondary N) is 1. The first-order valence-corrected chi connectivity index (χ1v) is 6.22. The highest BCUT2D eigenvalue weighted by Gasteiger charge is 2.33. The number of hydrogen-bond donors (Lipinski definition) is 1. The van der Waals surface area contributed by atoms with Gasteiger partial charge >= 0.3 is 6.09 Å². The van der Waals surface area contributed by atoms with E-state index in [1.54, 1.807) is 27.7 Å². The average molecular weight is 241 g/mol. The Morgan fingerprint density at radius 2 is 1.94 bits per heavy atom. The van der Waals surface area contributed by atoms with Crippen LogP contribution in [0.3, 0.4) is 0 Å². The maximum Gasteiger partial charge on any atom is 0.408 e. The first-order chi connectivity index (χ1) is 7.74. The Morgan fingerprint density at radius 3 is 2.29 bits per heavy atom. The largest absolute Gasteiger partial charge is 0.444 e. The molecule has 0 aromatic heterocycles. The van der Waals surface area contributed by atoms with Crippen LogP contribution in [0.2, 0.25) is 0 Å². The van der Waals surface area contributed by atoms with Gasteiger partial charge < -0.3 is 14.8 Å². The summed E-state index contributed by atoms with van der Waals surface area (Å²) in [7, 11) is 0. The lowest BCUT2D eigenvalue weighted by molar-refractivity contribution is -0.113. The zero-order valence-corrected chi connectivity index (χ0v) is 11.2. The van der Waals surface area contributed by atoms with Gasteiger partial charge in [-0.25, -0.2) is 4.79 Å². The van der Waals surface area contributed by atoms with Gasteiger partial charge in [-0.3, -0.25) is 0 Å². The van der Waals surface area contributed by atoms with Gasteiger partial charge in [-0.15, -0.1) is 0 Å². The van der Waals surface area contributed by atoms with E-state index in [0.29, 0.717) is 12.3 Å². The Hall–Kier alpha value is -1.06. The highest BCUT2D eigenvalue weighted by molar-refractivity contribution is 5.76. The third-order valence-electron chi connectivity index (χ3n) is 2.98. The summed E-state index contributed by atoms with van der Waals surface area (Å²) in [5, 5.41) is 2.67. The molecule has 0 bridgehead atoms. The molecule has 0 aromatic rings. The van der Waals surface area contributed by atoms with E-state index in [1.165, 1.54) is 6.42 Å². The number of carbonyl (C=O) groups excluding carboxylic acids is 2. The number of hydrogen-bond acceptors (Lipinski definition) is 3. The van der Waals surface area contributed by atoms with Crippen LogP contribution in [0, 0.1) is 5.92 Å². The van der Waals surface area contributed by atoms with Gasteiger partial charge in [-0.1, -0.05) is 19.3 Å². The zero-order chi connectivity index (χ0) is 13.1. The molecule has 1 aliphatic carbocycles. The third kappa shape index (κ3) is 4.75. The number of amides is 1. The number of rotatable bonds is 4. The van der Waals surface area contributed by atoms with Crippen molar-refractivity contribution in [2.45, 2.75) is 64.5 Å². The van der Waals surface area contributed by atoms with E-state index >= 15 is 0 Å². The van der Waals surface area contributed by atoms with E-state index in [1.807, 2.05) is 0 Å². The van der Waals surface area contributed by atoms with E-state index in [-0.39, 0.29) is 0 Å². The van der Waals surface area contributed by atoms with Gasteiger partial charge in [0.1, 0.15) is 11.9 Å². The quantitative estimate of drug-likeness (QED) is 0.770. The van der Waals surface area contributed by atoms with Crippen molar-refractivity contribution in [3.63, 3.8) is 0 Å². The number of carbonyl (C=O) groups is 2. The van der Waals surface area contributed by atoms with Gasteiger partial charge in [0.25, 0.3) is 0 Å². The van der Waals surface area contributed by atoms with E-state index in [9.17, 15) is 9.59 Å². The molecule has 0 aliphatic heterocycles. The normalized spacial score (nSPS) is 20.0. The molecule has 17 heavy (non-hydrogen) atoms. The van der Waals surface area contributed by atoms with Crippen LogP contribution in [-0.2, 0) is 9.53 Å². The molecule has 1 N–H and O–H groups in total. The van der Waals surface area contributed by atoms with Crippen molar-refractivity contribution in [2.24, 2.45) is 5.92 Å². The molecule has 1 unspecified atom stereocenters. The van der Waals surface area contributed by atoms with Gasteiger partial charge in [0.15, 0.2) is 0 Å². The molecular weight excluding hydrogens is 218 g/mol. The Kier molecular flexibility index (Phi) is 4.17. The van der Waals surface area contributed by atoms with Crippen molar-refractivity contribution < 1.29 is 14.3 Å². The molecule has 0 radical (unpaired) electrons. The zero-order valence-electron chi connectivity index (χ0n) is 11.2. The van der Waals surface area contributed by atoms with Crippen LogP contribution in [0.15, 0.2) is 0 Å². The highest BCUT2D eigenvalue weighted by Crippen LogP contribution is 2.33. The lowest BCUT2D eigenvalue weighted by atomic mass is 9.77. The summed E-state index contributed by atoms with van der Waals surface area (Å²) in [5.41, 5.74) is -1.34. The smallest absolute Gasteiger partial charge is 0.408 e. The van der Waals surface area contributed by atoms with E-state index in [2.05, 4.69) is 5.32 Å². The van der Waals surface area contributed by atoms with E-state index in [4.69, 9.17) is 4.74 Å². The topological polar surface area (TPSA) is 55.4 Å². The number of aldehydes is 1. The van der Waals surface area contributed by atoms with Crippen molar-refractivity contribution in [1.29, 1.82) is 0 Å². The van der Waals surface area contributed by atoms with Crippen molar-refractivity contribution >= 4 is 12.4 Å². The van der Waals surface area contributed by atoms with Crippen molar-refractivity contribution in [1.82, 2.24) is 5.32 Å². The third-order valence-corrected chi connectivity index (χ3v) is 2.98. The summed E-state index contributed by atoms with van der Waals surface area (Å²) >= 11 is 0. The summed E-state index contributed by atoms with van der Waals surface area (Å²) < 4.78 is 5.16. The number of alkyl carbamates (subject to hydrolysis) is 1. The minimum atomic E-state index is -0.798. The fourth-order valence-electron chi connectivity index (χ4n) is 1.96. The molecule has 0 saturated heterocycles. The second-order valence-electron chi connectivity index (χ2n) is 6.16. The molecule has 98 valence electrons. The van der Waals surface area contributed by atoms with Gasteiger partial charge in [0, 0.05) is 0 Å². The lowest BCUT2D eigenvalue weighted by Crippen LogP contribution is -2.50. The molecule has 0 aromatic carbocycles. The predicted molar refractivity (Wildman–Crippen MR) is 65.8 cm³/mol. The molecule has 4 heteroatoms. The average Bonchev–Trinajstić information content (AvgIpc) is 2.08. The summed E-state index contributed by atoms with van der Waals surface area (Å²) in [6, 6.07) is 0. The molecule has 4 nitrogen and oxygen atoms in total. The summed E-state index contributed by atoms with van der Waals surface area (Å²) in [4.78, 5) is 22.8. The predicted octanol–water partition coefficient (Wildman–Crippen LogP) is 2.66. The van der Waals surface area contributed by atoms with Crippen LogP contribution < -0.4 is 5.32 Å². The highest BCUT2D eigenvalue weighted by atomic mass is 16.6. The Bertz CT molecular complexity index is 292. The maximum absolute atomic E-state index is 11.6. The molecule has 1 aliphatic rings. The minimum absolute atomic E-state index is 0.522. The fourth-order valence-corrected chi connectivity index (χ4v) is 1.96. The molecule has 1 rings (SSSR count). The van der Waals surface area contributed by atoms with Crippen LogP contribution in [0.5, 0.6) is 0 Å². The molecule has 0 heterocycles. The summed E-state index contributed by atoms with van der Waals surface area (Å²) in [6.07, 6.45) is 4.53. The van der Waals surface area contributed by atoms with Crippen molar-refractivity contribution in [2.75, 3.05) is 0 Å².